The quantitative estimate of drug-likeness (QED) is 0.310. The fourth-order valence-corrected chi connectivity index (χ4v) is 3.55. The van der Waals surface area contributed by atoms with Gasteiger partial charge in [-0.2, -0.15) is 0 Å². The summed E-state index contributed by atoms with van der Waals surface area (Å²) in [6.07, 6.45) is 7.10. The minimum absolute atomic E-state index is 0. The van der Waals surface area contributed by atoms with E-state index < -0.39 is 0 Å². The number of aliphatic imine (C=N–C) groups is 1. The van der Waals surface area contributed by atoms with Crippen LogP contribution in [0.25, 0.3) is 0 Å². The Hall–Kier alpha value is -0.530. The molecule has 0 aromatic heterocycles. The third kappa shape index (κ3) is 7.71. The van der Waals surface area contributed by atoms with Crippen molar-refractivity contribution < 1.29 is 5.11 Å². The lowest BCUT2D eigenvalue weighted by molar-refractivity contribution is 0.131. The molecule has 0 amide bonds. The molecule has 142 valence electrons. The average molecular weight is 480 g/mol. The first-order valence-corrected chi connectivity index (χ1v) is 9.43. The summed E-state index contributed by atoms with van der Waals surface area (Å²) in [6, 6.07) is 7.80. The van der Waals surface area contributed by atoms with Gasteiger partial charge in [0.2, 0.25) is 0 Å². The normalized spacial score (nSPS) is 16.8. The predicted octanol–water partition coefficient (Wildman–Crippen LogP) is 4.35. The van der Waals surface area contributed by atoms with Crippen molar-refractivity contribution in [1.29, 1.82) is 0 Å². The first kappa shape index (κ1) is 22.5. The highest BCUT2D eigenvalue weighted by Crippen LogP contribution is 2.38. The Bertz CT molecular complexity index is 510. The van der Waals surface area contributed by atoms with Crippen LogP contribution >= 0.6 is 35.6 Å². The highest BCUT2D eigenvalue weighted by molar-refractivity contribution is 14.0. The first-order chi connectivity index (χ1) is 11.7. The first-order valence-electron chi connectivity index (χ1n) is 9.05. The van der Waals surface area contributed by atoms with Gasteiger partial charge < -0.3 is 15.7 Å². The number of benzene rings is 1. The molecule has 1 fully saturated rings. The van der Waals surface area contributed by atoms with Gasteiger partial charge in [-0.25, -0.2) is 4.99 Å². The number of nitrogens with zero attached hydrogens (tertiary/aromatic N) is 1. The number of halogens is 2. The maximum Gasteiger partial charge on any atom is 0.191 e. The standard InChI is InChI=1S/C19H30ClN3O.HI/c1-2-21-18(22-14-16-6-8-17(20)9-7-16)23-15-19(12-13-24)10-4-3-5-11-19;/h6-9,24H,2-5,10-15H2,1H3,(H2,21,22,23);1H. The molecule has 0 aliphatic heterocycles. The maximum atomic E-state index is 9.44. The van der Waals surface area contributed by atoms with Crippen LogP contribution in [0.5, 0.6) is 0 Å². The molecule has 25 heavy (non-hydrogen) atoms. The van der Waals surface area contributed by atoms with E-state index in [0.29, 0.717) is 6.54 Å². The molecule has 1 saturated carbocycles. The van der Waals surface area contributed by atoms with Crippen LogP contribution in [-0.4, -0.2) is 30.8 Å². The molecule has 0 unspecified atom stereocenters. The van der Waals surface area contributed by atoms with E-state index >= 15 is 0 Å². The van der Waals surface area contributed by atoms with Gasteiger partial charge in [-0.3, -0.25) is 0 Å². The van der Waals surface area contributed by atoms with Crippen LogP contribution in [0.3, 0.4) is 0 Å². The highest BCUT2D eigenvalue weighted by Gasteiger charge is 2.31. The Kier molecular flexibility index (Phi) is 10.8. The number of hydrogen-bond acceptors (Lipinski definition) is 2. The van der Waals surface area contributed by atoms with Gasteiger partial charge in [-0.1, -0.05) is 43.0 Å². The molecule has 1 aromatic rings. The lowest BCUT2D eigenvalue weighted by Gasteiger charge is -2.37. The van der Waals surface area contributed by atoms with Gasteiger partial charge in [0.1, 0.15) is 0 Å². The monoisotopic (exact) mass is 479 g/mol. The fourth-order valence-electron chi connectivity index (χ4n) is 3.43. The summed E-state index contributed by atoms with van der Waals surface area (Å²) in [5, 5.41) is 17.0. The fraction of sp³-hybridized carbons (Fsp3) is 0.632. The SMILES string of the molecule is CCNC(=NCc1ccc(Cl)cc1)NCC1(CCO)CCCCC1.I. The van der Waals surface area contributed by atoms with Crippen molar-refractivity contribution in [1.82, 2.24) is 10.6 Å². The second-order valence-electron chi connectivity index (χ2n) is 6.71. The molecule has 2 rings (SSSR count). The third-order valence-electron chi connectivity index (χ3n) is 4.86. The van der Waals surface area contributed by atoms with E-state index in [9.17, 15) is 5.11 Å². The summed E-state index contributed by atoms with van der Waals surface area (Å²) in [6.45, 7) is 4.67. The van der Waals surface area contributed by atoms with E-state index in [0.717, 1.165) is 36.1 Å². The molecular formula is C19H31ClIN3O. The van der Waals surface area contributed by atoms with Crippen LogP contribution in [0.1, 0.15) is 51.0 Å². The maximum absolute atomic E-state index is 9.44. The molecule has 0 bridgehead atoms. The molecule has 1 aliphatic carbocycles. The van der Waals surface area contributed by atoms with Crippen LogP contribution in [-0.2, 0) is 6.54 Å². The Balaban J connectivity index is 0.00000312. The zero-order valence-electron chi connectivity index (χ0n) is 15.1. The van der Waals surface area contributed by atoms with Crippen LogP contribution in [0.4, 0.5) is 0 Å². The molecule has 3 N–H and O–H groups in total. The molecule has 4 nitrogen and oxygen atoms in total. The Morgan fingerprint density at radius 1 is 1.16 bits per heavy atom. The number of rotatable bonds is 7. The highest BCUT2D eigenvalue weighted by atomic mass is 127. The number of hydrogen-bond donors (Lipinski definition) is 3. The minimum atomic E-state index is 0. The van der Waals surface area contributed by atoms with E-state index in [-0.39, 0.29) is 36.0 Å². The number of aliphatic hydroxyl groups is 1. The van der Waals surface area contributed by atoms with Crippen molar-refractivity contribution in [3.05, 3.63) is 34.9 Å². The van der Waals surface area contributed by atoms with E-state index in [1.165, 1.54) is 32.1 Å². The van der Waals surface area contributed by atoms with E-state index in [1.54, 1.807) is 0 Å². The Labute approximate surface area is 173 Å². The molecule has 0 saturated heterocycles. The average Bonchev–Trinajstić information content (AvgIpc) is 2.60. The largest absolute Gasteiger partial charge is 0.396 e. The second-order valence-corrected chi connectivity index (χ2v) is 7.15. The number of guanidine groups is 1. The number of aliphatic hydroxyl groups excluding tert-OH is 1. The van der Waals surface area contributed by atoms with Crippen molar-refractivity contribution >= 4 is 41.5 Å². The summed E-state index contributed by atoms with van der Waals surface area (Å²) in [5.74, 6) is 0.843. The summed E-state index contributed by atoms with van der Waals surface area (Å²) in [7, 11) is 0. The molecule has 0 radical (unpaired) electrons. The van der Waals surface area contributed by atoms with Gasteiger partial charge >= 0.3 is 0 Å². The summed E-state index contributed by atoms with van der Waals surface area (Å²) < 4.78 is 0. The summed E-state index contributed by atoms with van der Waals surface area (Å²) in [5.41, 5.74) is 1.35. The van der Waals surface area contributed by atoms with Crippen LogP contribution in [0.2, 0.25) is 5.02 Å². The van der Waals surface area contributed by atoms with Gasteiger partial charge in [-0.05, 0) is 49.3 Å². The van der Waals surface area contributed by atoms with Crippen LogP contribution in [0, 0.1) is 5.41 Å². The lowest BCUT2D eigenvalue weighted by Crippen LogP contribution is -2.44. The van der Waals surface area contributed by atoms with E-state index in [4.69, 9.17) is 11.6 Å². The van der Waals surface area contributed by atoms with Crippen molar-refractivity contribution in [3.8, 4) is 0 Å². The Morgan fingerprint density at radius 2 is 1.84 bits per heavy atom. The second kappa shape index (κ2) is 12.0. The molecule has 0 spiro atoms. The van der Waals surface area contributed by atoms with Gasteiger partial charge in [0.25, 0.3) is 0 Å². The van der Waals surface area contributed by atoms with Crippen LogP contribution < -0.4 is 10.6 Å². The molecule has 1 aliphatic rings. The van der Waals surface area contributed by atoms with Crippen molar-refractivity contribution in [2.75, 3.05) is 19.7 Å². The van der Waals surface area contributed by atoms with Crippen LogP contribution in [0.15, 0.2) is 29.3 Å². The molecule has 0 atom stereocenters. The molecular weight excluding hydrogens is 449 g/mol. The predicted molar refractivity (Wildman–Crippen MR) is 117 cm³/mol. The zero-order valence-corrected chi connectivity index (χ0v) is 18.1. The summed E-state index contributed by atoms with van der Waals surface area (Å²) in [4.78, 5) is 4.68. The molecule has 0 heterocycles. The van der Waals surface area contributed by atoms with E-state index in [2.05, 4.69) is 22.5 Å². The van der Waals surface area contributed by atoms with Crippen molar-refractivity contribution in [3.63, 3.8) is 0 Å². The summed E-state index contributed by atoms with van der Waals surface area (Å²) >= 11 is 5.92. The lowest BCUT2D eigenvalue weighted by atomic mass is 9.72. The number of nitrogens with one attached hydrogen (secondary N) is 2. The van der Waals surface area contributed by atoms with Gasteiger partial charge in [-0.15, -0.1) is 24.0 Å². The van der Waals surface area contributed by atoms with Gasteiger partial charge in [0, 0.05) is 24.7 Å². The third-order valence-corrected chi connectivity index (χ3v) is 5.12. The van der Waals surface area contributed by atoms with Crippen molar-refractivity contribution in [2.24, 2.45) is 10.4 Å². The molecule has 6 heteroatoms. The van der Waals surface area contributed by atoms with Crippen molar-refractivity contribution in [2.45, 2.75) is 52.0 Å². The topological polar surface area (TPSA) is 56.7 Å². The van der Waals surface area contributed by atoms with E-state index in [1.807, 2.05) is 24.3 Å². The zero-order chi connectivity index (χ0) is 17.3. The minimum Gasteiger partial charge on any atom is -0.396 e. The van der Waals surface area contributed by atoms with Gasteiger partial charge in [0.15, 0.2) is 5.96 Å². The Morgan fingerprint density at radius 3 is 2.44 bits per heavy atom. The molecule has 1 aromatic carbocycles. The van der Waals surface area contributed by atoms with Gasteiger partial charge in [0.05, 0.1) is 6.54 Å². The smallest absolute Gasteiger partial charge is 0.191 e.